The van der Waals surface area contributed by atoms with Gasteiger partial charge in [-0.25, -0.2) is 0 Å². The minimum Gasteiger partial charge on any atom is -0.326 e. The van der Waals surface area contributed by atoms with Crippen LogP contribution < -0.4 is 5.32 Å². The Balaban J connectivity index is 2.80. The van der Waals surface area contributed by atoms with Gasteiger partial charge in [0.1, 0.15) is 0 Å². The van der Waals surface area contributed by atoms with Crippen molar-refractivity contribution in [3.05, 3.63) is 28.8 Å². The fraction of sp³-hybridized carbons (Fsp3) is 0.417. The Kier molecular flexibility index (Phi) is 4.15. The van der Waals surface area contributed by atoms with E-state index in [9.17, 15) is 4.79 Å². The lowest BCUT2D eigenvalue weighted by molar-refractivity contribution is -0.119. The number of rotatable bonds is 3. The van der Waals surface area contributed by atoms with E-state index in [1.807, 2.05) is 32.9 Å². The second kappa shape index (κ2) is 5.17. The second-order valence-corrected chi connectivity index (χ2v) is 4.19. The molecular formula is C12H16ClNO. The SMILES string of the molecule is CCC(C)C(=O)Nc1cc(Cl)ccc1C. The van der Waals surface area contributed by atoms with E-state index in [0.29, 0.717) is 5.02 Å². The first kappa shape index (κ1) is 12.1. The average molecular weight is 226 g/mol. The lowest BCUT2D eigenvalue weighted by Gasteiger charge is -2.12. The largest absolute Gasteiger partial charge is 0.326 e. The molecule has 0 bridgehead atoms. The summed E-state index contributed by atoms with van der Waals surface area (Å²) < 4.78 is 0. The van der Waals surface area contributed by atoms with E-state index in [-0.39, 0.29) is 11.8 Å². The fourth-order valence-corrected chi connectivity index (χ4v) is 1.34. The molecule has 1 atom stereocenters. The van der Waals surface area contributed by atoms with Crippen molar-refractivity contribution in [2.45, 2.75) is 27.2 Å². The predicted molar refractivity (Wildman–Crippen MR) is 64.3 cm³/mol. The molecule has 1 unspecified atom stereocenters. The van der Waals surface area contributed by atoms with Crippen molar-refractivity contribution >= 4 is 23.2 Å². The molecule has 2 nitrogen and oxygen atoms in total. The lowest BCUT2D eigenvalue weighted by Crippen LogP contribution is -2.20. The average Bonchev–Trinajstić information content (AvgIpc) is 2.22. The van der Waals surface area contributed by atoms with Gasteiger partial charge in [-0.2, -0.15) is 0 Å². The highest BCUT2D eigenvalue weighted by atomic mass is 35.5. The summed E-state index contributed by atoms with van der Waals surface area (Å²) in [6.45, 7) is 5.85. The number of anilines is 1. The molecule has 1 aromatic carbocycles. The molecular weight excluding hydrogens is 210 g/mol. The molecule has 0 radical (unpaired) electrons. The smallest absolute Gasteiger partial charge is 0.227 e. The monoisotopic (exact) mass is 225 g/mol. The number of benzene rings is 1. The number of carbonyl (C=O) groups is 1. The topological polar surface area (TPSA) is 29.1 Å². The van der Waals surface area contributed by atoms with Gasteiger partial charge >= 0.3 is 0 Å². The maximum absolute atomic E-state index is 11.7. The number of hydrogen-bond acceptors (Lipinski definition) is 1. The normalized spacial score (nSPS) is 12.3. The van der Waals surface area contributed by atoms with Crippen LogP contribution in [0.1, 0.15) is 25.8 Å². The van der Waals surface area contributed by atoms with Crippen molar-refractivity contribution in [3.8, 4) is 0 Å². The number of halogens is 1. The number of nitrogens with one attached hydrogen (secondary N) is 1. The number of aryl methyl sites for hydroxylation is 1. The molecule has 15 heavy (non-hydrogen) atoms. The first-order valence-electron chi connectivity index (χ1n) is 5.11. The van der Waals surface area contributed by atoms with E-state index in [2.05, 4.69) is 5.32 Å². The molecule has 82 valence electrons. The van der Waals surface area contributed by atoms with Gasteiger partial charge in [-0.1, -0.05) is 31.5 Å². The molecule has 1 N–H and O–H groups in total. The van der Waals surface area contributed by atoms with Gasteiger partial charge in [0.05, 0.1) is 0 Å². The Morgan fingerprint density at radius 2 is 2.20 bits per heavy atom. The van der Waals surface area contributed by atoms with Gasteiger partial charge in [0.25, 0.3) is 0 Å². The highest BCUT2D eigenvalue weighted by Crippen LogP contribution is 2.20. The third kappa shape index (κ3) is 3.24. The highest BCUT2D eigenvalue weighted by Gasteiger charge is 2.11. The molecule has 1 aromatic rings. The summed E-state index contributed by atoms with van der Waals surface area (Å²) in [4.78, 5) is 11.7. The van der Waals surface area contributed by atoms with Gasteiger partial charge in [-0.05, 0) is 31.0 Å². The van der Waals surface area contributed by atoms with Crippen molar-refractivity contribution in [2.75, 3.05) is 5.32 Å². The zero-order valence-corrected chi connectivity index (χ0v) is 10.1. The summed E-state index contributed by atoms with van der Waals surface area (Å²) in [7, 11) is 0. The van der Waals surface area contributed by atoms with Crippen LogP contribution in [-0.4, -0.2) is 5.91 Å². The van der Waals surface area contributed by atoms with Crippen LogP contribution in [-0.2, 0) is 4.79 Å². The Labute approximate surface area is 95.6 Å². The number of carbonyl (C=O) groups excluding carboxylic acids is 1. The molecule has 3 heteroatoms. The van der Waals surface area contributed by atoms with Crippen molar-refractivity contribution in [1.29, 1.82) is 0 Å². The van der Waals surface area contributed by atoms with E-state index in [0.717, 1.165) is 17.7 Å². The molecule has 0 aliphatic heterocycles. The zero-order chi connectivity index (χ0) is 11.4. The standard InChI is InChI=1S/C12H16ClNO/c1-4-8(2)12(15)14-11-7-10(13)6-5-9(11)3/h5-8H,4H2,1-3H3,(H,14,15). The van der Waals surface area contributed by atoms with Crippen molar-refractivity contribution in [2.24, 2.45) is 5.92 Å². The van der Waals surface area contributed by atoms with Gasteiger partial charge in [0, 0.05) is 16.6 Å². The van der Waals surface area contributed by atoms with Gasteiger partial charge in [-0.3, -0.25) is 4.79 Å². The highest BCUT2D eigenvalue weighted by molar-refractivity contribution is 6.31. The lowest BCUT2D eigenvalue weighted by atomic mass is 10.1. The molecule has 0 heterocycles. The maximum atomic E-state index is 11.7. The van der Waals surface area contributed by atoms with E-state index in [1.165, 1.54) is 0 Å². The minimum atomic E-state index is 0.0309. The van der Waals surface area contributed by atoms with Gasteiger partial charge in [-0.15, -0.1) is 0 Å². The van der Waals surface area contributed by atoms with E-state index in [1.54, 1.807) is 6.07 Å². The first-order chi connectivity index (χ1) is 7.04. The Morgan fingerprint density at radius 1 is 1.53 bits per heavy atom. The molecule has 1 rings (SSSR count). The van der Waals surface area contributed by atoms with Crippen LogP contribution in [0.4, 0.5) is 5.69 Å². The minimum absolute atomic E-state index is 0.0309. The molecule has 0 saturated heterocycles. The van der Waals surface area contributed by atoms with Crippen LogP contribution in [0.15, 0.2) is 18.2 Å². The number of hydrogen-bond donors (Lipinski definition) is 1. The van der Waals surface area contributed by atoms with Crippen molar-refractivity contribution in [1.82, 2.24) is 0 Å². The second-order valence-electron chi connectivity index (χ2n) is 3.76. The van der Waals surface area contributed by atoms with E-state index in [4.69, 9.17) is 11.6 Å². The summed E-state index contributed by atoms with van der Waals surface area (Å²) in [6, 6.07) is 5.49. The number of amides is 1. The summed E-state index contributed by atoms with van der Waals surface area (Å²) in [5.74, 6) is 0.0752. The summed E-state index contributed by atoms with van der Waals surface area (Å²) in [5, 5.41) is 3.52. The Bertz CT molecular complexity index is 363. The summed E-state index contributed by atoms with van der Waals surface area (Å²) in [5.41, 5.74) is 1.82. The molecule has 0 saturated carbocycles. The van der Waals surface area contributed by atoms with Crippen LogP contribution in [0.25, 0.3) is 0 Å². The van der Waals surface area contributed by atoms with Gasteiger partial charge in [0.2, 0.25) is 5.91 Å². The molecule has 0 aliphatic rings. The summed E-state index contributed by atoms with van der Waals surface area (Å²) >= 11 is 5.86. The van der Waals surface area contributed by atoms with Crippen molar-refractivity contribution < 1.29 is 4.79 Å². The Hall–Kier alpha value is -1.02. The van der Waals surface area contributed by atoms with Gasteiger partial charge < -0.3 is 5.32 Å². The van der Waals surface area contributed by atoms with Crippen LogP contribution in [0.2, 0.25) is 5.02 Å². The Morgan fingerprint density at radius 3 is 2.80 bits per heavy atom. The fourth-order valence-electron chi connectivity index (χ4n) is 1.17. The van der Waals surface area contributed by atoms with E-state index >= 15 is 0 Å². The molecule has 0 aliphatic carbocycles. The van der Waals surface area contributed by atoms with Crippen LogP contribution in [0.5, 0.6) is 0 Å². The molecule has 0 spiro atoms. The van der Waals surface area contributed by atoms with Crippen molar-refractivity contribution in [3.63, 3.8) is 0 Å². The maximum Gasteiger partial charge on any atom is 0.227 e. The third-order valence-electron chi connectivity index (χ3n) is 2.52. The zero-order valence-electron chi connectivity index (χ0n) is 9.30. The quantitative estimate of drug-likeness (QED) is 0.836. The molecule has 1 amide bonds. The van der Waals surface area contributed by atoms with Crippen LogP contribution >= 0.6 is 11.6 Å². The van der Waals surface area contributed by atoms with Crippen LogP contribution in [0.3, 0.4) is 0 Å². The molecule has 0 fully saturated rings. The first-order valence-corrected chi connectivity index (χ1v) is 5.49. The third-order valence-corrected chi connectivity index (χ3v) is 2.75. The van der Waals surface area contributed by atoms with E-state index < -0.39 is 0 Å². The van der Waals surface area contributed by atoms with Gasteiger partial charge in [0.15, 0.2) is 0 Å². The molecule has 0 aromatic heterocycles. The predicted octanol–water partition coefficient (Wildman–Crippen LogP) is 3.63. The van der Waals surface area contributed by atoms with Crippen LogP contribution in [0, 0.1) is 12.8 Å². The summed E-state index contributed by atoms with van der Waals surface area (Å²) in [6.07, 6.45) is 0.839.